The molecule has 1 aromatic rings. The van der Waals surface area contributed by atoms with Gasteiger partial charge >= 0.3 is 0 Å². The van der Waals surface area contributed by atoms with Crippen molar-refractivity contribution in [1.29, 1.82) is 0 Å². The highest BCUT2D eigenvalue weighted by Gasteiger charge is 2.21. The number of rotatable bonds is 1. The standard InChI is InChI=1S/C14H14O2/c15-14-9-10-16-11-13(14)8-4-7-12-5-2-1-3-6-12/h1-3,5-6,13H,8-11H2. The summed E-state index contributed by atoms with van der Waals surface area (Å²) >= 11 is 0. The summed E-state index contributed by atoms with van der Waals surface area (Å²) in [7, 11) is 0. The Morgan fingerprint density at radius 3 is 2.88 bits per heavy atom. The van der Waals surface area contributed by atoms with E-state index in [9.17, 15) is 4.79 Å². The molecule has 2 rings (SSSR count). The van der Waals surface area contributed by atoms with E-state index in [1.54, 1.807) is 0 Å². The molecule has 0 saturated carbocycles. The molecule has 0 amide bonds. The summed E-state index contributed by atoms with van der Waals surface area (Å²) in [6.07, 6.45) is 1.14. The van der Waals surface area contributed by atoms with Crippen molar-refractivity contribution in [1.82, 2.24) is 0 Å². The van der Waals surface area contributed by atoms with Gasteiger partial charge in [0.2, 0.25) is 0 Å². The maximum Gasteiger partial charge on any atom is 0.141 e. The van der Waals surface area contributed by atoms with Crippen LogP contribution in [0.4, 0.5) is 0 Å². The molecule has 0 aliphatic carbocycles. The van der Waals surface area contributed by atoms with Gasteiger partial charge < -0.3 is 4.74 Å². The molecule has 1 unspecified atom stereocenters. The fraction of sp³-hybridized carbons (Fsp3) is 0.357. The van der Waals surface area contributed by atoms with E-state index in [1.807, 2.05) is 30.3 Å². The van der Waals surface area contributed by atoms with Crippen molar-refractivity contribution >= 4 is 5.78 Å². The molecule has 1 atom stereocenters. The van der Waals surface area contributed by atoms with Gasteiger partial charge in [-0.15, -0.1) is 0 Å². The number of hydrogen-bond donors (Lipinski definition) is 0. The van der Waals surface area contributed by atoms with E-state index in [2.05, 4.69) is 11.8 Å². The van der Waals surface area contributed by atoms with E-state index >= 15 is 0 Å². The lowest BCUT2D eigenvalue weighted by atomic mass is 9.97. The van der Waals surface area contributed by atoms with Crippen LogP contribution in [0.25, 0.3) is 0 Å². The molecule has 0 N–H and O–H groups in total. The molecule has 0 bridgehead atoms. The van der Waals surface area contributed by atoms with Crippen LogP contribution in [-0.2, 0) is 9.53 Å². The Balaban J connectivity index is 1.92. The molecule has 1 heterocycles. The Labute approximate surface area is 95.6 Å². The number of ether oxygens (including phenoxy) is 1. The number of benzene rings is 1. The van der Waals surface area contributed by atoms with Gasteiger partial charge in [-0.2, -0.15) is 0 Å². The van der Waals surface area contributed by atoms with Gasteiger partial charge in [-0.05, 0) is 12.1 Å². The molecule has 16 heavy (non-hydrogen) atoms. The average Bonchev–Trinajstić information content (AvgIpc) is 2.33. The van der Waals surface area contributed by atoms with Crippen LogP contribution in [0.15, 0.2) is 30.3 Å². The predicted octanol–water partition coefficient (Wildman–Crippen LogP) is 2.03. The number of Topliss-reactive ketones (excluding diaryl/α,β-unsaturated/α-hetero) is 1. The molecule has 0 aromatic heterocycles. The molecule has 1 saturated heterocycles. The number of hydrogen-bond acceptors (Lipinski definition) is 2. The maximum absolute atomic E-state index is 11.5. The van der Waals surface area contributed by atoms with Crippen LogP contribution in [0.2, 0.25) is 0 Å². The van der Waals surface area contributed by atoms with Crippen molar-refractivity contribution in [2.24, 2.45) is 5.92 Å². The van der Waals surface area contributed by atoms with Gasteiger partial charge in [-0.3, -0.25) is 4.79 Å². The zero-order chi connectivity index (χ0) is 11.2. The van der Waals surface area contributed by atoms with Crippen LogP contribution in [0.1, 0.15) is 18.4 Å². The lowest BCUT2D eigenvalue weighted by molar-refractivity contribution is -0.130. The Kier molecular flexibility index (Phi) is 3.74. The quantitative estimate of drug-likeness (QED) is 0.669. The first-order valence-electron chi connectivity index (χ1n) is 5.50. The maximum atomic E-state index is 11.5. The summed E-state index contributed by atoms with van der Waals surface area (Å²) in [6, 6.07) is 9.81. The molecule has 2 heteroatoms. The minimum absolute atomic E-state index is 0.0232. The first-order valence-corrected chi connectivity index (χ1v) is 5.50. The van der Waals surface area contributed by atoms with Crippen molar-refractivity contribution in [3.05, 3.63) is 35.9 Å². The fourth-order valence-corrected chi connectivity index (χ4v) is 1.67. The zero-order valence-corrected chi connectivity index (χ0v) is 9.11. The second-order valence-corrected chi connectivity index (χ2v) is 3.86. The summed E-state index contributed by atoms with van der Waals surface area (Å²) in [6.45, 7) is 1.10. The van der Waals surface area contributed by atoms with E-state index < -0.39 is 0 Å². The lowest BCUT2D eigenvalue weighted by Gasteiger charge is -2.18. The minimum atomic E-state index is -0.0232. The SMILES string of the molecule is O=C1CCOCC1CC#Cc1ccccc1. The summed E-state index contributed by atoms with van der Waals surface area (Å²) in [4.78, 5) is 11.5. The first kappa shape index (κ1) is 10.9. The molecular weight excluding hydrogens is 200 g/mol. The summed E-state index contributed by atoms with van der Waals surface area (Å²) in [5.41, 5.74) is 0.992. The summed E-state index contributed by atoms with van der Waals surface area (Å²) in [5.74, 6) is 6.37. The first-order chi connectivity index (χ1) is 7.86. The minimum Gasteiger partial charge on any atom is -0.380 e. The molecule has 2 nitrogen and oxygen atoms in total. The summed E-state index contributed by atoms with van der Waals surface area (Å²) < 4.78 is 5.27. The lowest BCUT2D eigenvalue weighted by Crippen LogP contribution is -2.26. The third-order valence-electron chi connectivity index (χ3n) is 2.62. The molecule has 0 radical (unpaired) electrons. The molecule has 0 spiro atoms. The molecule has 1 aliphatic heterocycles. The average molecular weight is 214 g/mol. The number of carbonyl (C=O) groups excluding carboxylic acids is 1. The van der Waals surface area contributed by atoms with Crippen molar-refractivity contribution in [3.8, 4) is 11.8 Å². The number of ketones is 1. The monoisotopic (exact) mass is 214 g/mol. The summed E-state index contributed by atoms with van der Waals surface area (Å²) in [5, 5.41) is 0. The van der Waals surface area contributed by atoms with Crippen LogP contribution >= 0.6 is 0 Å². The highest BCUT2D eigenvalue weighted by Crippen LogP contribution is 2.12. The predicted molar refractivity (Wildman–Crippen MR) is 61.9 cm³/mol. The topological polar surface area (TPSA) is 26.3 Å². The van der Waals surface area contributed by atoms with Gasteiger partial charge in [0.25, 0.3) is 0 Å². The van der Waals surface area contributed by atoms with Gasteiger partial charge in [-0.1, -0.05) is 30.0 Å². The van der Waals surface area contributed by atoms with Gasteiger partial charge in [0.05, 0.1) is 19.1 Å². The Morgan fingerprint density at radius 2 is 2.12 bits per heavy atom. The van der Waals surface area contributed by atoms with Crippen molar-refractivity contribution < 1.29 is 9.53 Å². The Hall–Kier alpha value is -1.59. The highest BCUT2D eigenvalue weighted by atomic mass is 16.5. The van der Waals surface area contributed by atoms with Crippen LogP contribution in [0.3, 0.4) is 0 Å². The van der Waals surface area contributed by atoms with Crippen molar-refractivity contribution in [2.75, 3.05) is 13.2 Å². The molecule has 82 valence electrons. The third-order valence-corrected chi connectivity index (χ3v) is 2.62. The smallest absolute Gasteiger partial charge is 0.141 e. The molecule has 1 aromatic carbocycles. The van der Waals surface area contributed by atoms with Crippen LogP contribution in [0, 0.1) is 17.8 Å². The third kappa shape index (κ3) is 2.95. The van der Waals surface area contributed by atoms with Crippen LogP contribution in [0.5, 0.6) is 0 Å². The van der Waals surface area contributed by atoms with Gasteiger partial charge in [0.1, 0.15) is 5.78 Å². The van der Waals surface area contributed by atoms with E-state index in [-0.39, 0.29) is 11.7 Å². The van der Waals surface area contributed by atoms with E-state index in [4.69, 9.17) is 4.74 Å². The van der Waals surface area contributed by atoms with Crippen LogP contribution in [-0.4, -0.2) is 19.0 Å². The van der Waals surface area contributed by atoms with Crippen molar-refractivity contribution in [2.45, 2.75) is 12.8 Å². The highest BCUT2D eigenvalue weighted by molar-refractivity contribution is 5.82. The van der Waals surface area contributed by atoms with Gasteiger partial charge in [-0.25, -0.2) is 0 Å². The molecular formula is C14H14O2. The normalized spacial score (nSPS) is 20.0. The van der Waals surface area contributed by atoms with Gasteiger partial charge in [0, 0.05) is 18.4 Å². The Bertz CT molecular complexity index is 411. The van der Waals surface area contributed by atoms with Gasteiger partial charge in [0.15, 0.2) is 0 Å². The van der Waals surface area contributed by atoms with E-state index in [0.29, 0.717) is 26.1 Å². The largest absolute Gasteiger partial charge is 0.380 e. The van der Waals surface area contributed by atoms with Crippen LogP contribution < -0.4 is 0 Å². The number of carbonyl (C=O) groups is 1. The second-order valence-electron chi connectivity index (χ2n) is 3.86. The molecule has 1 aliphatic rings. The van der Waals surface area contributed by atoms with E-state index in [0.717, 1.165) is 5.56 Å². The fourth-order valence-electron chi connectivity index (χ4n) is 1.67. The van der Waals surface area contributed by atoms with Crippen molar-refractivity contribution in [3.63, 3.8) is 0 Å². The zero-order valence-electron chi connectivity index (χ0n) is 9.11. The second kappa shape index (κ2) is 5.48. The molecule has 1 fully saturated rings. The Morgan fingerprint density at radius 1 is 1.31 bits per heavy atom. The van der Waals surface area contributed by atoms with E-state index in [1.165, 1.54) is 0 Å².